The summed E-state index contributed by atoms with van der Waals surface area (Å²) in [5.74, 6) is 0. The van der Waals surface area contributed by atoms with Gasteiger partial charge in [-0.25, -0.2) is 0 Å². The normalized spacial score (nSPS) is 11.3. The van der Waals surface area contributed by atoms with Crippen LogP contribution in [-0.4, -0.2) is 0 Å². The lowest BCUT2D eigenvalue weighted by Gasteiger charge is -2.16. The van der Waals surface area contributed by atoms with E-state index in [0.717, 1.165) is 11.4 Å². The second-order valence-electron chi connectivity index (χ2n) is 10.7. The Kier molecular flexibility index (Phi) is 6.05. The molecular formula is C40H27NS. The van der Waals surface area contributed by atoms with Crippen molar-refractivity contribution in [1.29, 1.82) is 0 Å². The van der Waals surface area contributed by atoms with Crippen molar-refractivity contribution in [1.82, 2.24) is 0 Å². The quantitative estimate of drug-likeness (QED) is 0.223. The average Bonchev–Trinajstić information content (AvgIpc) is 3.45. The molecule has 8 aromatic rings. The van der Waals surface area contributed by atoms with Gasteiger partial charge in [0.25, 0.3) is 0 Å². The summed E-state index contributed by atoms with van der Waals surface area (Å²) in [7, 11) is 0. The number of hydrogen-bond donors (Lipinski definition) is 1. The van der Waals surface area contributed by atoms with E-state index in [0.29, 0.717) is 0 Å². The van der Waals surface area contributed by atoms with Crippen LogP contribution in [0.4, 0.5) is 11.4 Å². The largest absolute Gasteiger partial charge is 0.355 e. The van der Waals surface area contributed by atoms with Crippen molar-refractivity contribution in [2.24, 2.45) is 0 Å². The molecule has 0 bridgehead atoms. The van der Waals surface area contributed by atoms with E-state index in [4.69, 9.17) is 0 Å². The Balaban J connectivity index is 1.18. The second-order valence-corrected chi connectivity index (χ2v) is 11.8. The Labute approximate surface area is 249 Å². The highest BCUT2D eigenvalue weighted by Crippen LogP contribution is 2.42. The first-order valence-corrected chi connectivity index (χ1v) is 15.1. The molecule has 1 nitrogen and oxygen atoms in total. The van der Waals surface area contributed by atoms with Crippen molar-refractivity contribution in [3.8, 4) is 33.4 Å². The van der Waals surface area contributed by atoms with E-state index in [-0.39, 0.29) is 0 Å². The molecule has 0 saturated heterocycles. The Morgan fingerprint density at radius 2 is 1.12 bits per heavy atom. The van der Waals surface area contributed by atoms with Gasteiger partial charge in [0.2, 0.25) is 0 Å². The van der Waals surface area contributed by atoms with Gasteiger partial charge in [-0.3, -0.25) is 0 Å². The van der Waals surface area contributed by atoms with Crippen LogP contribution in [-0.2, 0) is 0 Å². The number of fused-ring (bicyclic) bond motifs is 4. The minimum atomic E-state index is 1.07. The van der Waals surface area contributed by atoms with Gasteiger partial charge in [-0.2, -0.15) is 0 Å². The predicted octanol–water partition coefficient (Wildman–Crippen LogP) is 12.0. The first-order chi connectivity index (χ1) is 20.8. The van der Waals surface area contributed by atoms with Crippen LogP contribution in [0.15, 0.2) is 158 Å². The highest BCUT2D eigenvalue weighted by Gasteiger charge is 2.14. The third-order valence-electron chi connectivity index (χ3n) is 8.06. The molecule has 0 fully saturated rings. The second kappa shape index (κ2) is 10.3. The third kappa shape index (κ3) is 4.43. The Morgan fingerprint density at radius 1 is 0.405 bits per heavy atom. The lowest BCUT2D eigenvalue weighted by Crippen LogP contribution is -1.94. The first kappa shape index (κ1) is 24.6. The monoisotopic (exact) mass is 553 g/mol. The van der Waals surface area contributed by atoms with Gasteiger partial charge in [0, 0.05) is 37.1 Å². The number of anilines is 2. The number of nitrogens with one attached hydrogen (secondary N) is 1. The fraction of sp³-hybridized carbons (Fsp3) is 0. The highest BCUT2D eigenvalue weighted by atomic mass is 32.1. The third-order valence-corrected chi connectivity index (χ3v) is 9.20. The fourth-order valence-electron chi connectivity index (χ4n) is 5.96. The van der Waals surface area contributed by atoms with E-state index in [1.165, 1.54) is 64.3 Å². The lowest BCUT2D eigenvalue weighted by atomic mass is 9.94. The van der Waals surface area contributed by atoms with Gasteiger partial charge in [0.15, 0.2) is 0 Å². The van der Waals surface area contributed by atoms with E-state index in [2.05, 4.69) is 163 Å². The van der Waals surface area contributed by atoms with Crippen molar-refractivity contribution in [2.75, 3.05) is 5.32 Å². The van der Waals surface area contributed by atoms with Gasteiger partial charge in [0.05, 0.1) is 0 Å². The molecule has 0 unspecified atom stereocenters. The molecule has 0 atom stereocenters. The zero-order chi connectivity index (χ0) is 27.9. The molecule has 198 valence electrons. The summed E-state index contributed by atoms with van der Waals surface area (Å²) in [4.78, 5) is 0. The lowest BCUT2D eigenvalue weighted by molar-refractivity contribution is 1.52. The summed E-state index contributed by atoms with van der Waals surface area (Å²) in [5.41, 5.74) is 9.46. The summed E-state index contributed by atoms with van der Waals surface area (Å²) in [6, 6.07) is 56.8. The molecule has 0 aliphatic heterocycles. The average molecular weight is 554 g/mol. The Hall–Kier alpha value is -5.18. The van der Waals surface area contributed by atoms with E-state index < -0.39 is 0 Å². The molecule has 1 heterocycles. The summed E-state index contributed by atoms with van der Waals surface area (Å²) < 4.78 is 2.65. The number of thiophene rings is 1. The predicted molar refractivity (Wildman–Crippen MR) is 183 cm³/mol. The molecule has 0 saturated carbocycles. The molecule has 1 N–H and O–H groups in total. The SMILES string of the molecule is c1ccc(-c2cc(-c3cccc4sc5ccccc5c34)ccc2Nc2ccc(-c3ccc4ccccc4c3)cc2)cc1. The summed E-state index contributed by atoms with van der Waals surface area (Å²) in [6.07, 6.45) is 0. The van der Waals surface area contributed by atoms with Crippen molar-refractivity contribution < 1.29 is 0 Å². The molecule has 7 aromatic carbocycles. The summed E-state index contributed by atoms with van der Waals surface area (Å²) in [5, 5.41) is 8.90. The Morgan fingerprint density at radius 3 is 2.00 bits per heavy atom. The van der Waals surface area contributed by atoms with Crippen LogP contribution in [0.25, 0.3) is 64.3 Å². The molecule has 42 heavy (non-hydrogen) atoms. The zero-order valence-corrected chi connectivity index (χ0v) is 23.7. The molecule has 0 radical (unpaired) electrons. The molecule has 0 spiro atoms. The van der Waals surface area contributed by atoms with Crippen LogP contribution in [0.1, 0.15) is 0 Å². The molecule has 0 aliphatic carbocycles. The minimum Gasteiger partial charge on any atom is -0.355 e. The van der Waals surface area contributed by atoms with Crippen LogP contribution >= 0.6 is 11.3 Å². The fourth-order valence-corrected chi connectivity index (χ4v) is 7.10. The van der Waals surface area contributed by atoms with Crippen LogP contribution < -0.4 is 5.32 Å². The van der Waals surface area contributed by atoms with Gasteiger partial charge in [0.1, 0.15) is 0 Å². The van der Waals surface area contributed by atoms with Crippen molar-refractivity contribution in [3.05, 3.63) is 158 Å². The summed E-state index contributed by atoms with van der Waals surface area (Å²) in [6.45, 7) is 0. The van der Waals surface area contributed by atoms with Crippen LogP contribution in [0.5, 0.6) is 0 Å². The van der Waals surface area contributed by atoms with Gasteiger partial charge < -0.3 is 5.32 Å². The van der Waals surface area contributed by atoms with E-state index in [9.17, 15) is 0 Å². The first-order valence-electron chi connectivity index (χ1n) is 14.3. The van der Waals surface area contributed by atoms with Gasteiger partial charge in [-0.15, -0.1) is 11.3 Å². The van der Waals surface area contributed by atoms with Gasteiger partial charge in [-0.05, 0) is 81.1 Å². The van der Waals surface area contributed by atoms with E-state index in [1.54, 1.807) is 0 Å². The van der Waals surface area contributed by atoms with Crippen LogP contribution in [0.3, 0.4) is 0 Å². The van der Waals surface area contributed by atoms with Crippen LogP contribution in [0, 0.1) is 0 Å². The maximum absolute atomic E-state index is 3.72. The number of rotatable bonds is 5. The molecular weight excluding hydrogens is 527 g/mol. The summed E-state index contributed by atoms with van der Waals surface area (Å²) >= 11 is 1.86. The van der Waals surface area contributed by atoms with E-state index in [1.807, 2.05) is 11.3 Å². The minimum absolute atomic E-state index is 1.07. The van der Waals surface area contributed by atoms with Gasteiger partial charge in [-0.1, -0.05) is 115 Å². The molecule has 8 rings (SSSR count). The zero-order valence-electron chi connectivity index (χ0n) is 22.9. The van der Waals surface area contributed by atoms with Crippen LogP contribution in [0.2, 0.25) is 0 Å². The number of benzene rings is 7. The maximum Gasteiger partial charge on any atom is 0.0464 e. The molecule has 0 amide bonds. The smallest absolute Gasteiger partial charge is 0.0464 e. The van der Waals surface area contributed by atoms with Crippen molar-refractivity contribution in [2.45, 2.75) is 0 Å². The number of hydrogen-bond acceptors (Lipinski definition) is 2. The van der Waals surface area contributed by atoms with Gasteiger partial charge >= 0.3 is 0 Å². The topological polar surface area (TPSA) is 12.0 Å². The Bertz CT molecular complexity index is 2210. The molecule has 0 aliphatic rings. The maximum atomic E-state index is 3.72. The van der Waals surface area contributed by atoms with E-state index >= 15 is 0 Å². The van der Waals surface area contributed by atoms with Crippen molar-refractivity contribution >= 4 is 53.7 Å². The van der Waals surface area contributed by atoms with Crippen molar-refractivity contribution in [3.63, 3.8) is 0 Å². The molecule has 2 heteroatoms. The highest BCUT2D eigenvalue weighted by molar-refractivity contribution is 7.25. The standard InChI is InChI=1S/C40H27NS/c1-2-10-29(11-3-1)36-26-32(34-14-8-16-39-40(34)35-13-6-7-15-38(35)42-39)21-24-37(36)41-33-22-19-28(20-23-33)31-18-17-27-9-4-5-12-30(27)25-31/h1-26,41H. The molecule has 1 aromatic heterocycles.